The molecule has 1 aromatic heterocycles. The lowest BCUT2D eigenvalue weighted by molar-refractivity contribution is -0.141. The molecule has 0 atom stereocenters. The second-order valence-electron chi connectivity index (χ2n) is 10.6. The van der Waals surface area contributed by atoms with Crippen molar-refractivity contribution in [1.29, 1.82) is 0 Å². The highest BCUT2D eigenvalue weighted by atomic mass is 19.1. The maximum atomic E-state index is 14.1. The van der Waals surface area contributed by atoms with Crippen LogP contribution in [0.15, 0.2) is 34.8 Å². The van der Waals surface area contributed by atoms with Crippen LogP contribution in [0.2, 0.25) is 0 Å². The van der Waals surface area contributed by atoms with Gasteiger partial charge in [0.1, 0.15) is 11.5 Å². The van der Waals surface area contributed by atoms with Gasteiger partial charge < -0.3 is 9.80 Å². The number of hydrogen-bond acceptors (Lipinski definition) is 5. The van der Waals surface area contributed by atoms with Gasteiger partial charge in [-0.15, -0.1) is 0 Å². The summed E-state index contributed by atoms with van der Waals surface area (Å²) in [4.78, 5) is 47.8. The third kappa shape index (κ3) is 4.54. The number of nitrogens with zero attached hydrogens (tertiary/aromatic N) is 4. The highest BCUT2D eigenvalue weighted by molar-refractivity contribution is 6.35. The van der Waals surface area contributed by atoms with Crippen molar-refractivity contribution in [3.05, 3.63) is 57.4 Å². The second kappa shape index (κ2) is 10.3. The van der Waals surface area contributed by atoms with Gasteiger partial charge in [0.05, 0.1) is 16.8 Å². The van der Waals surface area contributed by atoms with E-state index in [4.69, 9.17) is 0 Å². The summed E-state index contributed by atoms with van der Waals surface area (Å²) < 4.78 is 14.9. The number of likely N-dealkylation sites (N-methyl/N-ethyl adjacent to an activating group) is 1. The molecule has 1 saturated carbocycles. The van der Waals surface area contributed by atoms with E-state index in [9.17, 15) is 18.8 Å². The summed E-state index contributed by atoms with van der Waals surface area (Å²) in [6, 6.07) is 5.50. The Hall–Kier alpha value is -3.20. The zero-order valence-electron chi connectivity index (χ0n) is 21.9. The van der Waals surface area contributed by atoms with Crippen molar-refractivity contribution in [2.75, 3.05) is 32.7 Å². The van der Waals surface area contributed by atoms with Gasteiger partial charge in [-0.2, -0.15) is 0 Å². The van der Waals surface area contributed by atoms with Gasteiger partial charge in [0.25, 0.3) is 17.4 Å². The van der Waals surface area contributed by atoms with Gasteiger partial charge in [-0.3, -0.25) is 24.4 Å². The number of carbonyl (C=O) groups excluding carboxylic acids is 2. The van der Waals surface area contributed by atoms with Gasteiger partial charge in [-0.1, -0.05) is 40.0 Å². The Bertz CT molecular complexity index is 1260. The molecule has 8 nitrogen and oxygen atoms in total. The van der Waals surface area contributed by atoms with Crippen LogP contribution in [0.25, 0.3) is 11.3 Å². The van der Waals surface area contributed by atoms with Crippen LogP contribution in [0.3, 0.4) is 0 Å². The van der Waals surface area contributed by atoms with Gasteiger partial charge in [0, 0.05) is 37.9 Å². The van der Waals surface area contributed by atoms with E-state index in [0.717, 1.165) is 51.7 Å². The fourth-order valence-electron chi connectivity index (χ4n) is 5.90. The topological polar surface area (TPSA) is 81.7 Å². The first-order valence-electron chi connectivity index (χ1n) is 13.5. The summed E-state index contributed by atoms with van der Waals surface area (Å²) in [6.45, 7) is 9.77. The Balaban J connectivity index is 1.66. The molecule has 2 aliphatic heterocycles. The van der Waals surface area contributed by atoms with Crippen LogP contribution >= 0.6 is 0 Å². The lowest BCUT2D eigenvalue weighted by atomic mass is 9.94. The largest absolute Gasteiger partial charge is 0.364 e. The Morgan fingerprint density at radius 3 is 2.19 bits per heavy atom. The van der Waals surface area contributed by atoms with E-state index in [0.29, 0.717) is 30.2 Å². The van der Waals surface area contributed by atoms with Crippen molar-refractivity contribution in [3.8, 4) is 5.69 Å². The number of amides is 2. The molecule has 0 unspecified atom stereocenters. The molecule has 1 aromatic carbocycles. The third-order valence-electron chi connectivity index (χ3n) is 8.00. The SMILES string of the molecule is CCN1CCN(C2=C(c3c(C(C)C)[nH]n(-c4ccc(F)cc4)c3=O)C(=O)N(C3CCCCC3)C2=O)CC1. The monoisotopic (exact) mass is 509 g/mol. The molecule has 3 aliphatic rings. The number of aromatic nitrogens is 2. The Labute approximate surface area is 216 Å². The molecule has 9 heteroatoms. The average Bonchev–Trinajstić information content (AvgIpc) is 3.37. The maximum Gasteiger partial charge on any atom is 0.279 e. The van der Waals surface area contributed by atoms with Crippen LogP contribution < -0.4 is 5.56 Å². The molecular weight excluding hydrogens is 473 g/mol. The minimum Gasteiger partial charge on any atom is -0.364 e. The zero-order valence-corrected chi connectivity index (χ0v) is 21.9. The van der Waals surface area contributed by atoms with Crippen LogP contribution in [0.4, 0.5) is 4.39 Å². The summed E-state index contributed by atoms with van der Waals surface area (Å²) in [5.41, 5.74) is 1.49. The van der Waals surface area contributed by atoms with Crippen LogP contribution in [0.1, 0.15) is 70.1 Å². The first kappa shape index (κ1) is 25.4. The summed E-state index contributed by atoms with van der Waals surface area (Å²) in [6.07, 6.45) is 4.68. The molecular formula is C28H36FN5O3. The number of imide groups is 1. The molecule has 1 saturated heterocycles. The van der Waals surface area contributed by atoms with Crippen molar-refractivity contribution in [2.45, 2.75) is 64.8 Å². The quantitative estimate of drug-likeness (QED) is 0.603. The van der Waals surface area contributed by atoms with Gasteiger partial charge in [0.2, 0.25) is 0 Å². The highest BCUT2D eigenvalue weighted by Crippen LogP contribution is 2.37. The van der Waals surface area contributed by atoms with Crippen molar-refractivity contribution in [1.82, 2.24) is 24.5 Å². The number of carbonyl (C=O) groups is 2. The number of aromatic amines is 1. The third-order valence-corrected chi connectivity index (χ3v) is 8.00. The molecule has 5 rings (SSSR count). The predicted octanol–water partition coefficient (Wildman–Crippen LogP) is 3.48. The zero-order chi connectivity index (χ0) is 26.3. The van der Waals surface area contributed by atoms with Crippen LogP contribution in [0.5, 0.6) is 0 Å². The van der Waals surface area contributed by atoms with Crippen molar-refractivity contribution < 1.29 is 14.0 Å². The van der Waals surface area contributed by atoms with Gasteiger partial charge in [-0.05, 0) is 49.6 Å². The average molecular weight is 510 g/mol. The summed E-state index contributed by atoms with van der Waals surface area (Å²) >= 11 is 0. The molecule has 37 heavy (non-hydrogen) atoms. The van der Waals surface area contributed by atoms with Crippen molar-refractivity contribution in [3.63, 3.8) is 0 Å². The summed E-state index contributed by atoms with van der Waals surface area (Å²) in [7, 11) is 0. The van der Waals surface area contributed by atoms with E-state index in [1.165, 1.54) is 33.8 Å². The number of piperazine rings is 1. The number of halogens is 1. The van der Waals surface area contributed by atoms with Gasteiger partial charge in [0.15, 0.2) is 0 Å². The molecule has 3 heterocycles. The van der Waals surface area contributed by atoms with E-state index in [2.05, 4.69) is 16.9 Å². The predicted molar refractivity (Wildman–Crippen MR) is 140 cm³/mol. The number of hydrogen-bond donors (Lipinski definition) is 1. The first-order chi connectivity index (χ1) is 17.8. The smallest absolute Gasteiger partial charge is 0.279 e. The van der Waals surface area contributed by atoms with E-state index >= 15 is 0 Å². The minimum atomic E-state index is -0.401. The molecule has 1 N–H and O–H groups in total. The van der Waals surface area contributed by atoms with E-state index in [1.54, 1.807) is 0 Å². The lowest BCUT2D eigenvalue weighted by Gasteiger charge is -2.36. The summed E-state index contributed by atoms with van der Waals surface area (Å²) in [5, 5.41) is 3.17. The minimum absolute atomic E-state index is 0.110. The standard InChI is InChI=1S/C28H36FN5O3/c1-4-31-14-16-32(17-15-31)25-23(26(35)33(28(25)37)20-8-6-5-7-9-20)22-24(18(2)3)30-34(27(22)36)21-12-10-19(29)11-13-21/h10-13,18,20,30H,4-9,14-17H2,1-3H3. The van der Waals surface area contributed by atoms with Crippen molar-refractivity contribution >= 4 is 17.4 Å². The Morgan fingerprint density at radius 1 is 0.946 bits per heavy atom. The maximum absolute atomic E-state index is 14.1. The molecule has 0 spiro atoms. The number of H-pyrrole nitrogens is 1. The van der Waals surface area contributed by atoms with E-state index < -0.39 is 11.4 Å². The molecule has 1 aliphatic carbocycles. The second-order valence-corrected chi connectivity index (χ2v) is 10.6. The molecule has 198 valence electrons. The van der Waals surface area contributed by atoms with Crippen molar-refractivity contribution in [2.24, 2.45) is 0 Å². The molecule has 0 radical (unpaired) electrons. The van der Waals surface area contributed by atoms with Crippen LogP contribution in [0, 0.1) is 5.82 Å². The molecule has 2 aromatic rings. The number of nitrogens with one attached hydrogen (secondary N) is 1. The lowest BCUT2D eigenvalue weighted by Crippen LogP contribution is -2.48. The number of benzene rings is 1. The number of rotatable bonds is 6. The van der Waals surface area contributed by atoms with Gasteiger partial charge >= 0.3 is 0 Å². The Morgan fingerprint density at radius 2 is 1.59 bits per heavy atom. The normalized spacial score (nSPS) is 20.1. The van der Waals surface area contributed by atoms with Crippen LogP contribution in [-0.2, 0) is 9.59 Å². The molecule has 0 bridgehead atoms. The highest BCUT2D eigenvalue weighted by Gasteiger charge is 2.47. The fraction of sp³-hybridized carbons (Fsp3) is 0.536. The van der Waals surface area contributed by atoms with Crippen LogP contribution in [-0.4, -0.2) is 75.1 Å². The Kier molecular flexibility index (Phi) is 7.07. The summed E-state index contributed by atoms with van der Waals surface area (Å²) in [5.74, 6) is -1.15. The fourth-order valence-corrected chi connectivity index (χ4v) is 5.90. The van der Waals surface area contributed by atoms with Gasteiger partial charge in [-0.25, -0.2) is 9.07 Å². The van der Waals surface area contributed by atoms with E-state index in [-0.39, 0.29) is 34.9 Å². The first-order valence-corrected chi connectivity index (χ1v) is 13.5. The van der Waals surface area contributed by atoms with E-state index in [1.807, 2.05) is 18.7 Å². The molecule has 2 fully saturated rings. The molecule has 2 amide bonds.